The van der Waals surface area contributed by atoms with Gasteiger partial charge >= 0.3 is 0 Å². The van der Waals surface area contributed by atoms with Gasteiger partial charge in [-0.25, -0.2) is 0 Å². The Hall–Kier alpha value is -7.02. The zero-order valence-electron chi connectivity index (χ0n) is 29.5. The highest BCUT2D eigenvalue weighted by atomic mass is 14.3. The van der Waals surface area contributed by atoms with E-state index in [1.54, 1.807) is 0 Å². The van der Waals surface area contributed by atoms with Crippen LogP contribution >= 0.6 is 0 Å². The fourth-order valence-corrected chi connectivity index (χ4v) is 9.46. The second kappa shape index (κ2) is 11.2. The Kier molecular flexibility index (Phi) is 6.15. The lowest BCUT2D eigenvalue weighted by molar-refractivity contribution is 1.61. The molecule has 248 valence electrons. The number of hydrogen-bond donors (Lipinski definition) is 0. The zero-order chi connectivity index (χ0) is 35.3. The smallest absolute Gasteiger partial charge is 0.00201 e. The van der Waals surface area contributed by atoms with Gasteiger partial charge in [0.2, 0.25) is 0 Å². The van der Waals surface area contributed by atoms with Gasteiger partial charge in [0.25, 0.3) is 0 Å². The standard InChI is InChI=1S/C54H32/c1-3-15-45-43(13-1)49-19-7-17-47-41(25-27-51(45)53(47)49)39-11-5-9-33(31-39)35-21-23-38-30-36(22-24-37(38)29-35)34-10-6-12-40(32-34)42-26-28-52-46-16-4-2-14-44(46)50-20-8-18-48(42)54(50)52/h1-32H. The van der Waals surface area contributed by atoms with E-state index < -0.39 is 0 Å². The van der Waals surface area contributed by atoms with Crippen LogP contribution in [0.15, 0.2) is 194 Å². The first-order valence-electron chi connectivity index (χ1n) is 18.8. The van der Waals surface area contributed by atoms with E-state index in [1.165, 1.54) is 121 Å². The third kappa shape index (κ3) is 4.26. The summed E-state index contributed by atoms with van der Waals surface area (Å²) in [7, 11) is 0. The predicted octanol–water partition coefficient (Wildman–Crippen LogP) is 15.1. The van der Waals surface area contributed by atoms with Gasteiger partial charge in [0.15, 0.2) is 0 Å². The largest absolute Gasteiger partial charge is 0.0616 e. The second-order valence-electron chi connectivity index (χ2n) is 14.8. The molecule has 10 aromatic carbocycles. The molecule has 0 aliphatic heterocycles. The molecule has 0 heteroatoms. The van der Waals surface area contributed by atoms with Gasteiger partial charge in [0.05, 0.1) is 0 Å². The molecule has 0 atom stereocenters. The predicted molar refractivity (Wildman–Crippen MR) is 230 cm³/mol. The molecule has 0 bridgehead atoms. The van der Waals surface area contributed by atoms with Crippen LogP contribution in [0.1, 0.15) is 0 Å². The first-order chi connectivity index (χ1) is 26.8. The number of benzene rings is 10. The Morgan fingerprint density at radius 1 is 0.185 bits per heavy atom. The normalized spacial score (nSPS) is 12.1. The topological polar surface area (TPSA) is 0 Å². The van der Waals surface area contributed by atoms with Crippen molar-refractivity contribution in [3.05, 3.63) is 194 Å². The lowest BCUT2D eigenvalue weighted by Crippen LogP contribution is -1.86. The summed E-state index contributed by atoms with van der Waals surface area (Å²) in [6, 6.07) is 72.2. The molecule has 2 aliphatic rings. The molecule has 0 saturated carbocycles. The first kappa shape index (κ1) is 29.5. The van der Waals surface area contributed by atoms with Gasteiger partial charge in [-0.15, -0.1) is 0 Å². The summed E-state index contributed by atoms with van der Waals surface area (Å²) < 4.78 is 0. The third-order valence-corrected chi connectivity index (χ3v) is 12.0. The maximum atomic E-state index is 2.35. The van der Waals surface area contributed by atoms with Crippen molar-refractivity contribution in [2.75, 3.05) is 0 Å². The van der Waals surface area contributed by atoms with Crippen molar-refractivity contribution in [1.29, 1.82) is 0 Å². The van der Waals surface area contributed by atoms with Crippen molar-refractivity contribution in [1.82, 2.24) is 0 Å². The van der Waals surface area contributed by atoms with Gasteiger partial charge in [-0.2, -0.15) is 0 Å². The minimum Gasteiger partial charge on any atom is -0.0616 e. The van der Waals surface area contributed by atoms with E-state index in [2.05, 4.69) is 194 Å². The third-order valence-electron chi connectivity index (χ3n) is 12.0. The first-order valence-corrected chi connectivity index (χ1v) is 18.8. The van der Waals surface area contributed by atoms with E-state index >= 15 is 0 Å². The fourth-order valence-electron chi connectivity index (χ4n) is 9.46. The molecule has 0 radical (unpaired) electrons. The monoisotopic (exact) mass is 680 g/mol. The van der Waals surface area contributed by atoms with Crippen LogP contribution in [-0.4, -0.2) is 0 Å². The van der Waals surface area contributed by atoms with Gasteiger partial charge in [0.1, 0.15) is 0 Å². The lowest BCUT2D eigenvalue weighted by atomic mass is 9.91. The Bertz CT molecular complexity index is 2940. The fraction of sp³-hybridized carbons (Fsp3) is 0. The number of rotatable bonds is 4. The van der Waals surface area contributed by atoms with E-state index in [-0.39, 0.29) is 0 Å². The lowest BCUT2D eigenvalue weighted by Gasteiger charge is -2.13. The van der Waals surface area contributed by atoms with Gasteiger partial charge in [0, 0.05) is 0 Å². The maximum Gasteiger partial charge on any atom is -0.00201 e. The van der Waals surface area contributed by atoms with E-state index in [4.69, 9.17) is 0 Å². The summed E-state index contributed by atoms with van der Waals surface area (Å²) in [5.74, 6) is 0. The molecule has 0 amide bonds. The molecule has 0 aromatic heterocycles. The average Bonchev–Trinajstić information content (AvgIpc) is 3.75. The van der Waals surface area contributed by atoms with Crippen LogP contribution < -0.4 is 0 Å². The molecule has 0 N–H and O–H groups in total. The Morgan fingerprint density at radius 2 is 0.519 bits per heavy atom. The van der Waals surface area contributed by atoms with Crippen molar-refractivity contribution in [2.45, 2.75) is 0 Å². The molecular formula is C54H32. The minimum atomic E-state index is 1.23. The molecule has 54 heavy (non-hydrogen) atoms. The van der Waals surface area contributed by atoms with Crippen LogP contribution in [0, 0.1) is 0 Å². The summed E-state index contributed by atoms with van der Waals surface area (Å²) in [4.78, 5) is 0. The number of fused-ring (bicyclic) bond motifs is 7. The van der Waals surface area contributed by atoms with Crippen LogP contribution in [0.2, 0.25) is 0 Å². The minimum absolute atomic E-state index is 1.23. The molecular weight excluding hydrogens is 649 g/mol. The van der Waals surface area contributed by atoms with Crippen LogP contribution in [-0.2, 0) is 0 Å². The van der Waals surface area contributed by atoms with Gasteiger partial charge in [-0.3, -0.25) is 0 Å². The van der Waals surface area contributed by atoms with E-state index in [0.29, 0.717) is 0 Å². The Morgan fingerprint density at radius 3 is 0.963 bits per heavy atom. The summed E-state index contributed by atoms with van der Waals surface area (Å²) in [5.41, 5.74) is 20.6. The highest BCUT2D eigenvalue weighted by molar-refractivity contribution is 6.20. The van der Waals surface area contributed by atoms with E-state index in [1.807, 2.05) is 0 Å². The zero-order valence-corrected chi connectivity index (χ0v) is 29.5. The van der Waals surface area contributed by atoms with Crippen molar-refractivity contribution in [2.24, 2.45) is 0 Å². The summed E-state index contributed by atoms with van der Waals surface area (Å²) >= 11 is 0. The van der Waals surface area contributed by atoms with Crippen LogP contribution in [0.3, 0.4) is 0 Å². The summed E-state index contributed by atoms with van der Waals surface area (Å²) in [6.45, 7) is 0. The SMILES string of the molecule is c1cc(-c2ccc3cc(-c4cccc(-c5ccc6c7c(cccc57)-c5ccccc5-6)c4)ccc3c2)cc(-c2ccc3c4c(cccc24)-c2ccccc2-3)c1. The quantitative estimate of drug-likeness (QED) is 0.174. The molecule has 10 aromatic rings. The number of hydrogen-bond acceptors (Lipinski definition) is 0. The maximum absolute atomic E-state index is 2.35. The highest BCUT2D eigenvalue weighted by Gasteiger charge is 2.23. The van der Waals surface area contributed by atoms with Crippen LogP contribution in [0.25, 0.3) is 121 Å². The molecule has 0 saturated heterocycles. The molecule has 0 fully saturated rings. The summed E-state index contributed by atoms with van der Waals surface area (Å²) in [5, 5.41) is 7.84. The van der Waals surface area contributed by atoms with Gasteiger partial charge in [-0.05, 0) is 146 Å². The van der Waals surface area contributed by atoms with E-state index in [0.717, 1.165) is 0 Å². The van der Waals surface area contributed by atoms with Crippen molar-refractivity contribution >= 4 is 32.3 Å². The molecule has 12 rings (SSSR count). The van der Waals surface area contributed by atoms with E-state index in [9.17, 15) is 0 Å². The van der Waals surface area contributed by atoms with Crippen LogP contribution in [0.5, 0.6) is 0 Å². The Balaban J connectivity index is 0.887. The molecule has 2 aliphatic carbocycles. The summed E-state index contributed by atoms with van der Waals surface area (Å²) in [6.07, 6.45) is 0. The van der Waals surface area contributed by atoms with Crippen molar-refractivity contribution < 1.29 is 0 Å². The van der Waals surface area contributed by atoms with Crippen LogP contribution in [0.4, 0.5) is 0 Å². The molecule has 0 spiro atoms. The Labute approximate surface area is 314 Å². The molecule has 0 unspecified atom stereocenters. The van der Waals surface area contributed by atoms with Gasteiger partial charge in [-0.1, -0.05) is 170 Å². The average molecular weight is 681 g/mol. The van der Waals surface area contributed by atoms with Crippen molar-refractivity contribution in [3.63, 3.8) is 0 Å². The van der Waals surface area contributed by atoms with Gasteiger partial charge < -0.3 is 0 Å². The van der Waals surface area contributed by atoms with Crippen molar-refractivity contribution in [3.8, 4) is 89.0 Å². The molecule has 0 heterocycles. The highest BCUT2D eigenvalue weighted by Crippen LogP contribution is 2.51. The second-order valence-corrected chi connectivity index (χ2v) is 14.8. The molecule has 0 nitrogen and oxygen atoms in total.